The summed E-state index contributed by atoms with van der Waals surface area (Å²) in [5.41, 5.74) is 3.29. The lowest BCUT2D eigenvalue weighted by atomic mass is 10.1. The molecule has 0 bridgehead atoms. The number of nitrogens with zero attached hydrogens (tertiary/aromatic N) is 3. The molecule has 4 aromatic rings. The minimum atomic E-state index is -0.327. The molecule has 1 saturated heterocycles. The number of pyridine rings is 1. The number of likely N-dealkylation sites (tertiary alicyclic amines) is 1. The van der Waals surface area contributed by atoms with Crippen LogP contribution in [0.4, 0.5) is 21.6 Å². The van der Waals surface area contributed by atoms with E-state index in [1.54, 1.807) is 18.3 Å². The number of H-pyrrole nitrogens is 1. The van der Waals surface area contributed by atoms with E-state index >= 15 is 0 Å². The van der Waals surface area contributed by atoms with Crippen LogP contribution in [0.25, 0.3) is 22.2 Å². The van der Waals surface area contributed by atoms with Crippen molar-refractivity contribution in [3.05, 3.63) is 73.2 Å². The minimum Gasteiger partial charge on any atom is -0.487 e. The van der Waals surface area contributed by atoms with Gasteiger partial charge < -0.3 is 20.3 Å². The van der Waals surface area contributed by atoms with E-state index in [2.05, 4.69) is 44.3 Å². The number of benzene rings is 2. The van der Waals surface area contributed by atoms with Crippen LogP contribution < -0.4 is 15.4 Å². The van der Waals surface area contributed by atoms with Crippen molar-refractivity contribution in [3.8, 4) is 17.0 Å². The third kappa shape index (κ3) is 4.99. The van der Waals surface area contributed by atoms with Gasteiger partial charge in [0.25, 0.3) is 0 Å². The maximum Gasteiger partial charge on any atom is 0.247 e. The van der Waals surface area contributed by atoms with Crippen LogP contribution in [0.2, 0.25) is 0 Å². The highest BCUT2D eigenvalue weighted by molar-refractivity contribution is 6.00. The maximum absolute atomic E-state index is 13.7. The third-order valence-electron chi connectivity index (χ3n) is 5.88. The minimum absolute atomic E-state index is 0.0598. The molecule has 2 aromatic carbocycles. The summed E-state index contributed by atoms with van der Waals surface area (Å²) >= 11 is 0. The first-order valence-corrected chi connectivity index (χ1v) is 11.3. The molecule has 9 heteroatoms. The van der Waals surface area contributed by atoms with E-state index in [-0.39, 0.29) is 17.8 Å². The van der Waals surface area contributed by atoms with Crippen LogP contribution in [-0.2, 0) is 4.79 Å². The lowest BCUT2D eigenvalue weighted by molar-refractivity contribution is -0.111. The van der Waals surface area contributed by atoms with Crippen LogP contribution in [0.1, 0.15) is 6.42 Å². The monoisotopic (exact) mass is 472 g/mol. The Hall–Kier alpha value is -4.24. The first kappa shape index (κ1) is 22.5. The van der Waals surface area contributed by atoms with Crippen molar-refractivity contribution in [2.24, 2.45) is 0 Å². The normalized spacial score (nSPS) is 15.8. The van der Waals surface area contributed by atoms with Gasteiger partial charge in [-0.15, -0.1) is 0 Å². The topological polar surface area (TPSA) is 95.2 Å². The molecular weight excluding hydrogens is 447 g/mol. The highest BCUT2D eigenvalue weighted by Crippen LogP contribution is 2.33. The number of nitrogens with one attached hydrogen (secondary N) is 3. The van der Waals surface area contributed by atoms with Gasteiger partial charge in [-0.1, -0.05) is 18.7 Å². The van der Waals surface area contributed by atoms with Gasteiger partial charge in [0, 0.05) is 29.7 Å². The molecule has 1 atom stereocenters. The fourth-order valence-electron chi connectivity index (χ4n) is 4.15. The van der Waals surface area contributed by atoms with Crippen molar-refractivity contribution in [2.45, 2.75) is 12.5 Å². The number of ether oxygens (including phenoxy) is 1. The van der Waals surface area contributed by atoms with Crippen LogP contribution >= 0.6 is 0 Å². The summed E-state index contributed by atoms with van der Waals surface area (Å²) in [5, 5.41) is 14.2. The number of anilines is 3. The summed E-state index contributed by atoms with van der Waals surface area (Å²) in [4.78, 5) is 18.7. The van der Waals surface area contributed by atoms with Gasteiger partial charge in [0.05, 0.1) is 17.4 Å². The Bertz CT molecular complexity index is 1400. The maximum atomic E-state index is 13.7. The Morgan fingerprint density at radius 3 is 2.94 bits per heavy atom. The van der Waals surface area contributed by atoms with Crippen molar-refractivity contribution >= 4 is 34.0 Å². The summed E-state index contributed by atoms with van der Waals surface area (Å²) in [6.45, 7) is 5.34. The van der Waals surface area contributed by atoms with Crippen molar-refractivity contribution in [2.75, 3.05) is 30.8 Å². The Morgan fingerprint density at radius 1 is 1.29 bits per heavy atom. The number of hydrogen-bond donors (Lipinski definition) is 3. The molecule has 5 rings (SSSR count). The zero-order valence-electron chi connectivity index (χ0n) is 19.2. The number of aromatic amines is 1. The number of carbonyl (C=O) groups excluding carboxylic acids is 1. The standard InChI is InChI=1S/C26H25FN6O2/c1-3-25(34)30-21-12-18(7-8-23(21)35-19-9-10-33(2)15-19)29-24-13-20-22(14-28-24)31-32-26(20)16-5-4-6-17(27)11-16/h3-8,11-14,19H,1,9-10,15H2,2H3,(H,28,29)(H,30,34)(H,31,32). The van der Waals surface area contributed by atoms with Crippen molar-refractivity contribution < 1.29 is 13.9 Å². The van der Waals surface area contributed by atoms with Crippen molar-refractivity contribution in [1.29, 1.82) is 0 Å². The van der Waals surface area contributed by atoms with Gasteiger partial charge in [0.1, 0.15) is 29.2 Å². The average Bonchev–Trinajstić information content (AvgIpc) is 3.46. The lowest BCUT2D eigenvalue weighted by Crippen LogP contribution is -2.22. The lowest BCUT2D eigenvalue weighted by Gasteiger charge is -2.18. The number of amides is 1. The fraction of sp³-hybridized carbons (Fsp3) is 0.192. The molecule has 35 heavy (non-hydrogen) atoms. The molecule has 8 nitrogen and oxygen atoms in total. The van der Waals surface area contributed by atoms with E-state index in [1.165, 1.54) is 18.2 Å². The Balaban J connectivity index is 1.43. The van der Waals surface area contributed by atoms with Crippen LogP contribution in [0.15, 0.2) is 67.4 Å². The number of halogens is 1. The zero-order chi connectivity index (χ0) is 24.4. The van der Waals surface area contributed by atoms with Crippen LogP contribution in [0.5, 0.6) is 5.75 Å². The molecule has 178 valence electrons. The van der Waals surface area contributed by atoms with Gasteiger partial charge in [0.15, 0.2) is 0 Å². The molecule has 3 heterocycles. The second kappa shape index (κ2) is 9.55. The molecule has 0 spiro atoms. The van der Waals surface area contributed by atoms with E-state index in [0.717, 1.165) is 30.4 Å². The molecule has 2 aromatic heterocycles. The van der Waals surface area contributed by atoms with Crippen LogP contribution in [0.3, 0.4) is 0 Å². The quantitative estimate of drug-likeness (QED) is 0.337. The molecule has 3 N–H and O–H groups in total. The predicted octanol–water partition coefficient (Wildman–Crippen LogP) is 4.72. The highest BCUT2D eigenvalue weighted by atomic mass is 19.1. The molecule has 0 aliphatic carbocycles. The van der Waals surface area contributed by atoms with Crippen molar-refractivity contribution in [1.82, 2.24) is 20.1 Å². The first-order valence-electron chi connectivity index (χ1n) is 11.3. The summed E-state index contributed by atoms with van der Waals surface area (Å²) in [7, 11) is 2.06. The highest BCUT2D eigenvalue weighted by Gasteiger charge is 2.22. The Morgan fingerprint density at radius 2 is 2.17 bits per heavy atom. The van der Waals surface area contributed by atoms with E-state index < -0.39 is 0 Å². The molecule has 1 aliphatic heterocycles. The molecular formula is C26H25FN6O2. The number of carbonyl (C=O) groups is 1. The summed E-state index contributed by atoms with van der Waals surface area (Å²) in [5.74, 6) is 0.515. The average molecular weight is 473 g/mol. The number of aromatic nitrogens is 3. The second-order valence-corrected chi connectivity index (χ2v) is 8.52. The van der Waals surface area contributed by atoms with E-state index in [9.17, 15) is 9.18 Å². The molecule has 1 aliphatic rings. The molecule has 1 fully saturated rings. The van der Waals surface area contributed by atoms with Gasteiger partial charge in [-0.25, -0.2) is 9.37 Å². The summed E-state index contributed by atoms with van der Waals surface area (Å²) < 4.78 is 19.9. The zero-order valence-corrected chi connectivity index (χ0v) is 19.2. The van der Waals surface area contributed by atoms with Crippen LogP contribution in [-0.4, -0.2) is 52.2 Å². The van der Waals surface area contributed by atoms with Gasteiger partial charge in [-0.3, -0.25) is 9.89 Å². The first-order chi connectivity index (χ1) is 17.0. The number of fused-ring (bicyclic) bond motifs is 1. The summed E-state index contributed by atoms with van der Waals surface area (Å²) in [6, 6.07) is 13.6. The van der Waals surface area contributed by atoms with Crippen LogP contribution in [0, 0.1) is 5.82 Å². The second-order valence-electron chi connectivity index (χ2n) is 8.52. The third-order valence-corrected chi connectivity index (χ3v) is 5.88. The molecule has 1 amide bonds. The van der Waals surface area contributed by atoms with Gasteiger partial charge in [0.2, 0.25) is 5.91 Å². The molecule has 0 saturated carbocycles. The van der Waals surface area contributed by atoms with Gasteiger partial charge in [-0.05, 0) is 55.9 Å². The number of hydrogen-bond acceptors (Lipinski definition) is 6. The SMILES string of the molecule is C=CC(=O)Nc1cc(Nc2cc3c(-c4cccc(F)c4)n[nH]c3cn2)ccc1OC1CCN(C)C1. The van der Waals surface area contributed by atoms with Gasteiger partial charge in [-0.2, -0.15) is 5.10 Å². The van der Waals surface area contributed by atoms with E-state index in [4.69, 9.17) is 4.74 Å². The Kier molecular flexibility index (Phi) is 6.15. The fourth-order valence-corrected chi connectivity index (χ4v) is 4.15. The smallest absolute Gasteiger partial charge is 0.247 e. The number of rotatable bonds is 7. The molecule has 0 radical (unpaired) electrons. The van der Waals surface area contributed by atoms with E-state index in [0.29, 0.717) is 34.2 Å². The largest absolute Gasteiger partial charge is 0.487 e. The predicted molar refractivity (Wildman–Crippen MR) is 134 cm³/mol. The molecule has 1 unspecified atom stereocenters. The van der Waals surface area contributed by atoms with E-state index in [1.807, 2.05) is 24.3 Å². The number of likely N-dealkylation sites (N-methyl/N-ethyl adjacent to an activating group) is 1. The Labute approximate surface area is 201 Å². The van der Waals surface area contributed by atoms with Gasteiger partial charge >= 0.3 is 0 Å². The van der Waals surface area contributed by atoms with Crippen molar-refractivity contribution in [3.63, 3.8) is 0 Å². The summed E-state index contributed by atoms with van der Waals surface area (Å²) in [6.07, 6.45) is 3.87.